The van der Waals surface area contributed by atoms with Gasteiger partial charge in [-0.2, -0.15) is 0 Å². The van der Waals surface area contributed by atoms with Gasteiger partial charge in [0.25, 0.3) is 0 Å². The lowest BCUT2D eigenvalue weighted by molar-refractivity contribution is 0.428. The van der Waals surface area contributed by atoms with Crippen LogP contribution in [0.1, 0.15) is 40.8 Å². The monoisotopic (exact) mass is 291 g/mol. The summed E-state index contributed by atoms with van der Waals surface area (Å²) >= 11 is 8.04. The van der Waals surface area contributed by atoms with Crippen molar-refractivity contribution in [2.24, 2.45) is 0 Å². The van der Waals surface area contributed by atoms with Gasteiger partial charge in [0.2, 0.25) is 0 Å². The van der Waals surface area contributed by atoms with Crippen molar-refractivity contribution >= 4 is 22.9 Å². The molecule has 0 saturated carbocycles. The number of thiophene rings is 1. The summed E-state index contributed by atoms with van der Waals surface area (Å²) in [5, 5.41) is 6.54. The third kappa shape index (κ3) is 2.58. The van der Waals surface area contributed by atoms with Gasteiger partial charge in [-0.15, -0.1) is 11.3 Å². The van der Waals surface area contributed by atoms with Crippen LogP contribution in [-0.4, -0.2) is 7.05 Å². The van der Waals surface area contributed by atoms with E-state index in [0.717, 1.165) is 5.02 Å². The van der Waals surface area contributed by atoms with E-state index in [2.05, 4.69) is 28.9 Å². The molecule has 0 amide bonds. The predicted octanol–water partition coefficient (Wildman–Crippen LogP) is 4.78. The molecule has 1 aromatic carbocycles. The van der Waals surface area contributed by atoms with E-state index < -0.39 is 0 Å². The minimum absolute atomic E-state index is 0.354. The van der Waals surface area contributed by atoms with Crippen molar-refractivity contribution in [2.75, 3.05) is 7.05 Å². The molecule has 1 N–H and O–H groups in total. The molecule has 19 heavy (non-hydrogen) atoms. The smallest absolute Gasteiger partial charge is 0.0409 e. The second-order valence-corrected chi connectivity index (χ2v) is 6.56. The Morgan fingerprint density at radius 1 is 1.37 bits per heavy atom. The number of hydrogen-bond acceptors (Lipinski definition) is 2. The summed E-state index contributed by atoms with van der Waals surface area (Å²) in [5.41, 5.74) is 2.83. The van der Waals surface area contributed by atoms with Crippen molar-refractivity contribution in [3.8, 4) is 0 Å². The van der Waals surface area contributed by atoms with Gasteiger partial charge >= 0.3 is 0 Å². The third-order valence-corrected chi connectivity index (χ3v) is 5.25. The molecular formula is C16H18ClNS. The third-order valence-electron chi connectivity index (χ3n) is 4.02. The molecule has 3 rings (SSSR count). The summed E-state index contributed by atoms with van der Waals surface area (Å²) < 4.78 is 0. The van der Waals surface area contributed by atoms with E-state index in [-0.39, 0.29) is 0 Å². The summed E-state index contributed by atoms with van der Waals surface area (Å²) in [6, 6.07) is 10.9. The Balaban J connectivity index is 1.96. The lowest BCUT2D eigenvalue weighted by Crippen LogP contribution is -2.26. The van der Waals surface area contributed by atoms with Crippen LogP contribution in [-0.2, 0) is 6.42 Å². The largest absolute Gasteiger partial charge is 0.312 e. The van der Waals surface area contributed by atoms with E-state index in [9.17, 15) is 0 Å². The molecule has 0 fully saturated rings. The van der Waals surface area contributed by atoms with Gasteiger partial charge in [0.15, 0.2) is 0 Å². The number of aryl methyl sites for hydroxylation is 1. The minimum Gasteiger partial charge on any atom is -0.312 e. The summed E-state index contributed by atoms with van der Waals surface area (Å²) in [4.78, 5) is 1.57. The van der Waals surface area contributed by atoms with Crippen molar-refractivity contribution in [3.05, 3.63) is 56.7 Å². The van der Waals surface area contributed by atoms with Gasteiger partial charge in [0.05, 0.1) is 0 Å². The molecule has 1 aliphatic carbocycles. The van der Waals surface area contributed by atoms with Gasteiger partial charge in [0, 0.05) is 21.9 Å². The van der Waals surface area contributed by atoms with Crippen molar-refractivity contribution < 1.29 is 0 Å². The van der Waals surface area contributed by atoms with Crippen molar-refractivity contribution in [2.45, 2.75) is 31.2 Å². The molecule has 2 unspecified atom stereocenters. The van der Waals surface area contributed by atoms with E-state index in [4.69, 9.17) is 11.6 Å². The van der Waals surface area contributed by atoms with Gasteiger partial charge in [-0.1, -0.05) is 23.7 Å². The van der Waals surface area contributed by atoms with Gasteiger partial charge in [-0.05, 0) is 61.0 Å². The minimum atomic E-state index is 0.354. The Hall–Kier alpha value is -0.830. The van der Waals surface area contributed by atoms with Crippen LogP contribution in [0.25, 0.3) is 0 Å². The first-order valence-electron chi connectivity index (χ1n) is 6.78. The summed E-state index contributed by atoms with van der Waals surface area (Å²) in [6.07, 6.45) is 3.79. The van der Waals surface area contributed by atoms with Crippen LogP contribution in [0.15, 0.2) is 35.7 Å². The topological polar surface area (TPSA) is 12.0 Å². The second-order valence-electron chi connectivity index (χ2n) is 5.12. The fourth-order valence-electron chi connectivity index (χ4n) is 3.17. The van der Waals surface area contributed by atoms with Crippen LogP contribution in [0, 0.1) is 0 Å². The van der Waals surface area contributed by atoms with Crippen molar-refractivity contribution in [1.82, 2.24) is 5.32 Å². The van der Waals surface area contributed by atoms with Gasteiger partial charge in [-0.3, -0.25) is 0 Å². The molecule has 0 saturated heterocycles. The first-order valence-corrected chi connectivity index (χ1v) is 8.04. The lowest BCUT2D eigenvalue weighted by Gasteiger charge is -2.31. The molecular weight excluding hydrogens is 274 g/mol. The Kier molecular flexibility index (Phi) is 3.92. The SMILES string of the molecule is CNC(c1cccc(Cl)c1)C1CCCc2sccc21. The molecule has 3 heteroatoms. The maximum absolute atomic E-state index is 6.14. The summed E-state index contributed by atoms with van der Waals surface area (Å²) in [5.74, 6) is 0.568. The predicted molar refractivity (Wildman–Crippen MR) is 83.3 cm³/mol. The van der Waals surface area contributed by atoms with E-state index >= 15 is 0 Å². The van der Waals surface area contributed by atoms with Crippen LogP contribution in [0.5, 0.6) is 0 Å². The Bertz CT molecular complexity index is 563. The van der Waals surface area contributed by atoms with Crippen molar-refractivity contribution in [3.63, 3.8) is 0 Å². The standard InChI is InChI=1S/C16H18ClNS/c1-18-16(11-4-2-5-12(17)10-11)14-6-3-7-15-13(14)8-9-19-15/h2,4-5,8-10,14,16,18H,3,6-7H2,1H3. The molecule has 0 radical (unpaired) electrons. The zero-order valence-corrected chi connectivity index (χ0v) is 12.6. The molecule has 0 bridgehead atoms. The summed E-state index contributed by atoms with van der Waals surface area (Å²) in [7, 11) is 2.05. The molecule has 1 aromatic heterocycles. The number of rotatable bonds is 3. The number of benzene rings is 1. The molecule has 1 aliphatic rings. The molecule has 2 aromatic rings. The number of fused-ring (bicyclic) bond motifs is 1. The molecule has 2 atom stereocenters. The van der Waals surface area contributed by atoms with Crippen LogP contribution >= 0.6 is 22.9 Å². The zero-order valence-electron chi connectivity index (χ0n) is 11.0. The van der Waals surface area contributed by atoms with Gasteiger partial charge in [-0.25, -0.2) is 0 Å². The highest BCUT2D eigenvalue weighted by atomic mass is 35.5. The average molecular weight is 292 g/mol. The Labute approximate surface area is 123 Å². The lowest BCUT2D eigenvalue weighted by atomic mass is 9.80. The van der Waals surface area contributed by atoms with E-state index in [1.54, 1.807) is 4.88 Å². The van der Waals surface area contributed by atoms with Crippen LogP contribution in [0.2, 0.25) is 5.02 Å². The van der Waals surface area contributed by atoms with Crippen molar-refractivity contribution in [1.29, 1.82) is 0 Å². The second kappa shape index (κ2) is 5.66. The number of nitrogens with one attached hydrogen (secondary N) is 1. The normalized spacial score (nSPS) is 20.0. The maximum Gasteiger partial charge on any atom is 0.0409 e. The first-order chi connectivity index (χ1) is 9.29. The van der Waals surface area contributed by atoms with Gasteiger partial charge < -0.3 is 5.32 Å². The van der Waals surface area contributed by atoms with Crippen LogP contribution < -0.4 is 5.32 Å². The Morgan fingerprint density at radius 3 is 3.05 bits per heavy atom. The highest BCUT2D eigenvalue weighted by Crippen LogP contribution is 2.42. The fraction of sp³-hybridized carbons (Fsp3) is 0.375. The Morgan fingerprint density at radius 2 is 2.26 bits per heavy atom. The molecule has 100 valence electrons. The average Bonchev–Trinajstić information content (AvgIpc) is 2.89. The number of hydrogen-bond donors (Lipinski definition) is 1. The quantitative estimate of drug-likeness (QED) is 0.858. The maximum atomic E-state index is 6.14. The van der Waals surface area contributed by atoms with Crippen LogP contribution in [0.3, 0.4) is 0 Å². The van der Waals surface area contributed by atoms with E-state index in [1.165, 1.54) is 30.4 Å². The number of halogens is 1. The molecule has 0 spiro atoms. The molecule has 1 heterocycles. The van der Waals surface area contributed by atoms with E-state index in [0.29, 0.717) is 12.0 Å². The molecule has 0 aliphatic heterocycles. The van der Waals surface area contributed by atoms with Gasteiger partial charge in [0.1, 0.15) is 0 Å². The number of likely N-dealkylation sites (N-methyl/N-ethyl adjacent to an activating group) is 1. The molecule has 1 nitrogen and oxygen atoms in total. The first kappa shape index (κ1) is 13.2. The zero-order chi connectivity index (χ0) is 13.2. The van der Waals surface area contributed by atoms with E-state index in [1.807, 2.05) is 30.5 Å². The summed E-state index contributed by atoms with van der Waals surface area (Å²) in [6.45, 7) is 0. The highest BCUT2D eigenvalue weighted by Gasteiger charge is 2.28. The van der Waals surface area contributed by atoms with Crippen LogP contribution in [0.4, 0.5) is 0 Å². The fourth-order valence-corrected chi connectivity index (χ4v) is 4.36. The highest BCUT2D eigenvalue weighted by molar-refractivity contribution is 7.10.